The lowest BCUT2D eigenvalue weighted by Crippen LogP contribution is -2.36. The Morgan fingerprint density at radius 2 is 2.18 bits per heavy atom. The van der Waals surface area contributed by atoms with Gasteiger partial charge in [0.05, 0.1) is 0 Å². The number of carbonyl (C=O) groups excluding carboxylic acids is 1. The Hall–Kier alpha value is -1.85. The number of ether oxygens (including phenoxy) is 1. The van der Waals surface area contributed by atoms with E-state index in [1.54, 1.807) is 4.90 Å². The highest BCUT2D eigenvalue weighted by molar-refractivity contribution is 5.68. The van der Waals surface area contributed by atoms with Gasteiger partial charge in [-0.2, -0.15) is 0 Å². The van der Waals surface area contributed by atoms with Gasteiger partial charge < -0.3 is 15.0 Å². The average molecular weight is 306 g/mol. The number of rotatable bonds is 3. The molecule has 1 aliphatic heterocycles. The summed E-state index contributed by atoms with van der Waals surface area (Å²) in [4.78, 5) is 22.6. The molecule has 0 radical (unpaired) electrons. The molecule has 22 heavy (non-hydrogen) atoms. The third-order valence-electron chi connectivity index (χ3n) is 3.45. The molecule has 0 saturated carbocycles. The Morgan fingerprint density at radius 3 is 2.82 bits per heavy atom. The molecule has 122 valence electrons. The van der Waals surface area contributed by atoms with Crippen molar-refractivity contribution in [3.63, 3.8) is 0 Å². The van der Waals surface area contributed by atoms with Crippen LogP contribution < -0.4 is 5.32 Å². The number of likely N-dealkylation sites (tertiary alicyclic amines) is 1. The Morgan fingerprint density at radius 1 is 1.45 bits per heavy atom. The number of hydrogen-bond acceptors (Lipinski definition) is 5. The maximum Gasteiger partial charge on any atom is 0.410 e. The van der Waals surface area contributed by atoms with E-state index < -0.39 is 5.60 Å². The van der Waals surface area contributed by atoms with Gasteiger partial charge in [-0.3, -0.25) is 0 Å². The molecule has 1 amide bonds. The molecule has 6 heteroatoms. The zero-order valence-corrected chi connectivity index (χ0v) is 14.1. The third-order valence-corrected chi connectivity index (χ3v) is 3.45. The first-order valence-corrected chi connectivity index (χ1v) is 7.86. The molecular weight excluding hydrogens is 280 g/mol. The quantitative estimate of drug-likeness (QED) is 0.930. The molecule has 0 bridgehead atoms. The van der Waals surface area contributed by atoms with Crippen LogP contribution in [-0.2, 0) is 11.2 Å². The molecule has 1 unspecified atom stereocenters. The SMILES string of the molecule is CCc1cc(NC2CCN(C(=O)OC(C)(C)C)C2)nc(C)n1. The average Bonchev–Trinajstić information content (AvgIpc) is 2.84. The van der Waals surface area contributed by atoms with E-state index in [1.165, 1.54) is 0 Å². The van der Waals surface area contributed by atoms with Crippen molar-refractivity contribution in [2.24, 2.45) is 0 Å². The first-order valence-electron chi connectivity index (χ1n) is 7.86. The number of anilines is 1. The second-order valence-electron chi connectivity index (χ2n) is 6.70. The fourth-order valence-corrected chi connectivity index (χ4v) is 2.46. The normalized spacial score (nSPS) is 18.4. The minimum atomic E-state index is -0.456. The smallest absolute Gasteiger partial charge is 0.410 e. The van der Waals surface area contributed by atoms with Crippen LogP contribution in [0.4, 0.5) is 10.6 Å². The van der Waals surface area contributed by atoms with Crippen molar-refractivity contribution in [2.45, 2.75) is 59.1 Å². The standard InChI is InChI=1S/C16H26N4O2/c1-6-12-9-14(18-11(2)17-12)19-13-7-8-20(10-13)15(21)22-16(3,4)5/h9,13H,6-8,10H2,1-5H3,(H,17,18,19). The molecule has 1 fully saturated rings. The summed E-state index contributed by atoms with van der Waals surface area (Å²) in [5.74, 6) is 1.60. The van der Waals surface area contributed by atoms with Gasteiger partial charge in [0, 0.05) is 30.9 Å². The van der Waals surface area contributed by atoms with Crippen molar-refractivity contribution in [2.75, 3.05) is 18.4 Å². The van der Waals surface area contributed by atoms with Crippen LogP contribution in [-0.4, -0.2) is 45.7 Å². The van der Waals surface area contributed by atoms with E-state index in [4.69, 9.17) is 4.74 Å². The minimum Gasteiger partial charge on any atom is -0.444 e. The van der Waals surface area contributed by atoms with Crippen LogP contribution in [0.5, 0.6) is 0 Å². The Bertz CT molecular complexity index is 539. The Labute approximate surface area is 132 Å². The van der Waals surface area contributed by atoms with Gasteiger partial charge >= 0.3 is 6.09 Å². The summed E-state index contributed by atoms with van der Waals surface area (Å²) in [6.45, 7) is 11.0. The van der Waals surface area contributed by atoms with Gasteiger partial charge in [-0.15, -0.1) is 0 Å². The first kappa shape index (κ1) is 16.5. The van der Waals surface area contributed by atoms with E-state index in [1.807, 2.05) is 33.8 Å². The third kappa shape index (κ3) is 4.58. The summed E-state index contributed by atoms with van der Waals surface area (Å²) in [7, 11) is 0. The summed E-state index contributed by atoms with van der Waals surface area (Å²) >= 11 is 0. The lowest BCUT2D eigenvalue weighted by atomic mass is 10.2. The van der Waals surface area contributed by atoms with E-state index in [9.17, 15) is 4.79 Å². The summed E-state index contributed by atoms with van der Waals surface area (Å²) in [5.41, 5.74) is 0.569. The predicted octanol–water partition coefficient (Wildman–Crippen LogP) is 2.77. The minimum absolute atomic E-state index is 0.200. The van der Waals surface area contributed by atoms with Crippen molar-refractivity contribution in [3.8, 4) is 0 Å². The number of aryl methyl sites for hydroxylation is 2. The van der Waals surface area contributed by atoms with Crippen molar-refractivity contribution in [1.82, 2.24) is 14.9 Å². The van der Waals surface area contributed by atoms with E-state index in [2.05, 4.69) is 22.2 Å². The largest absolute Gasteiger partial charge is 0.444 e. The number of nitrogens with zero attached hydrogens (tertiary/aromatic N) is 3. The van der Waals surface area contributed by atoms with Gasteiger partial charge in [-0.1, -0.05) is 6.92 Å². The molecule has 6 nitrogen and oxygen atoms in total. The highest BCUT2D eigenvalue weighted by Gasteiger charge is 2.29. The highest BCUT2D eigenvalue weighted by Crippen LogP contribution is 2.18. The predicted molar refractivity (Wildman–Crippen MR) is 86.0 cm³/mol. The monoisotopic (exact) mass is 306 g/mol. The van der Waals surface area contributed by atoms with Crippen LogP contribution in [0.3, 0.4) is 0 Å². The second kappa shape index (κ2) is 6.50. The summed E-state index contributed by atoms with van der Waals surface area (Å²) in [5, 5.41) is 3.40. The van der Waals surface area contributed by atoms with Gasteiger partial charge in [0.15, 0.2) is 0 Å². The first-order chi connectivity index (χ1) is 10.3. The molecule has 2 rings (SSSR count). The number of hydrogen-bond donors (Lipinski definition) is 1. The summed E-state index contributed by atoms with van der Waals surface area (Å²) < 4.78 is 5.41. The van der Waals surface area contributed by atoms with Gasteiger partial charge in [-0.25, -0.2) is 14.8 Å². The van der Waals surface area contributed by atoms with Crippen molar-refractivity contribution >= 4 is 11.9 Å². The van der Waals surface area contributed by atoms with Gasteiger partial charge in [0.25, 0.3) is 0 Å². The Balaban J connectivity index is 1.94. The molecule has 1 aromatic rings. The molecule has 0 spiro atoms. The van der Waals surface area contributed by atoms with Crippen molar-refractivity contribution < 1.29 is 9.53 Å². The molecule has 1 N–H and O–H groups in total. The van der Waals surface area contributed by atoms with E-state index in [0.29, 0.717) is 13.1 Å². The van der Waals surface area contributed by atoms with Crippen LogP contribution in [0.2, 0.25) is 0 Å². The zero-order chi connectivity index (χ0) is 16.3. The molecular formula is C16H26N4O2. The maximum absolute atomic E-state index is 12.1. The molecule has 2 heterocycles. The lowest BCUT2D eigenvalue weighted by Gasteiger charge is -2.24. The molecule has 1 saturated heterocycles. The van der Waals surface area contributed by atoms with Crippen LogP contribution in [0.15, 0.2) is 6.07 Å². The maximum atomic E-state index is 12.1. The van der Waals surface area contributed by atoms with Crippen LogP contribution in [0.25, 0.3) is 0 Å². The molecule has 1 aliphatic rings. The highest BCUT2D eigenvalue weighted by atomic mass is 16.6. The molecule has 0 aliphatic carbocycles. The molecule has 1 atom stereocenters. The molecule has 1 aromatic heterocycles. The van der Waals surface area contributed by atoms with E-state index >= 15 is 0 Å². The van der Waals surface area contributed by atoms with Crippen LogP contribution in [0, 0.1) is 6.92 Å². The van der Waals surface area contributed by atoms with Crippen LogP contribution >= 0.6 is 0 Å². The zero-order valence-electron chi connectivity index (χ0n) is 14.1. The van der Waals surface area contributed by atoms with Crippen molar-refractivity contribution in [3.05, 3.63) is 17.6 Å². The number of amides is 1. The van der Waals surface area contributed by atoms with E-state index in [-0.39, 0.29) is 12.1 Å². The van der Waals surface area contributed by atoms with E-state index in [0.717, 1.165) is 30.2 Å². The number of nitrogens with one attached hydrogen (secondary N) is 1. The van der Waals surface area contributed by atoms with Gasteiger partial charge in [0.1, 0.15) is 17.2 Å². The second-order valence-corrected chi connectivity index (χ2v) is 6.70. The van der Waals surface area contributed by atoms with Gasteiger partial charge in [0.2, 0.25) is 0 Å². The topological polar surface area (TPSA) is 67.4 Å². The van der Waals surface area contributed by atoms with Crippen molar-refractivity contribution in [1.29, 1.82) is 0 Å². The number of carbonyl (C=O) groups is 1. The summed E-state index contributed by atoms with van der Waals surface area (Å²) in [6.07, 6.45) is 1.53. The fraction of sp³-hybridized carbons (Fsp3) is 0.688. The Kier molecular flexibility index (Phi) is 4.88. The van der Waals surface area contributed by atoms with Crippen LogP contribution in [0.1, 0.15) is 45.6 Å². The lowest BCUT2D eigenvalue weighted by molar-refractivity contribution is 0.0293. The molecule has 0 aromatic carbocycles. The summed E-state index contributed by atoms with van der Waals surface area (Å²) in [6, 6.07) is 2.18. The van der Waals surface area contributed by atoms with Gasteiger partial charge in [-0.05, 0) is 40.5 Å². The fourth-order valence-electron chi connectivity index (χ4n) is 2.46. The number of aromatic nitrogens is 2.